The number of hydrogen-bond donors (Lipinski definition) is 3. The van der Waals surface area contributed by atoms with Gasteiger partial charge >= 0.3 is 24.2 Å². The molecule has 0 saturated carbocycles. The third-order valence-electron chi connectivity index (χ3n) is 5.53. The highest BCUT2D eigenvalue weighted by Crippen LogP contribution is 2.12. The molecule has 0 heterocycles. The monoisotopic (exact) mass is 563 g/mol. The molecule has 3 rings (SSSR count). The van der Waals surface area contributed by atoms with Crippen LogP contribution in [0.4, 0.5) is 14.4 Å². The Morgan fingerprint density at radius 2 is 1.10 bits per heavy atom. The zero-order valence-corrected chi connectivity index (χ0v) is 22.6. The topological polar surface area (TPSA) is 141 Å². The molecule has 2 atom stereocenters. The molecule has 3 aromatic rings. The van der Waals surface area contributed by atoms with E-state index in [4.69, 9.17) is 18.9 Å². The van der Waals surface area contributed by atoms with Crippen molar-refractivity contribution in [2.24, 2.45) is 0 Å². The highest BCUT2D eigenvalue weighted by molar-refractivity contribution is 5.82. The Labute approximate surface area is 238 Å². The molecule has 0 fully saturated rings. The minimum absolute atomic E-state index is 0.184. The summed E-state index contributed by atoms with van der Waals surface area (Å²) in [5.74, 6) is 0.282. The van der Waals surface area contributed by atoms with Crippen LogP contribution >= 0.6 is 0 Å². The molecule has 3 aromatic carbocycles. The van der Waals surface area contributed by atoms with Gasteiger partial charge in [-0.05, 0) is 55.7 Å². The molecule has 0 aliphatic carbocycles. The highest BCUT2D eigenvalue weighted by Gasteiger charge is 2.26. The summed E-state index contributed by atoms with van der Waals surface area (Å²) in [6, 6.07) is 24.4. The number of benzene rings is 3. The standard InChI is InChI=1S/C30H33N3O8/c1-2-26(33-30(37)40-24-18-10-5-11-19-24)41-27(34)25(32-29(36)39-23-16-8-4-9-17-23)20-12-13-21-31-28(35)38-22-14-6-3-7-15-22/h3-11,14-19,25-26H,2,12-13,20-21H2,1H3,(H,31,35)(H,32,36)(H,33,37). The summed E-state index contributed by atoms with van der Waals surface area (Å²) >= 11 is 0. The molecule has 0 saturated heterocycles. The molecule has 3 N–H and O–H groups in total. The van der Waals surface area contributed by atoms with Gasteiger partial charge in [-0.2, -0.15) is 0 Å². The lowest BCUT2D eigenvalue weighted by atomic mass is 10.1. The van der Waals surface area contributed by atoms with Gasteiger partial charge in [-0.25, -0.2) is 19.2 Å². The number of ether oxygens (including phenoxy) is 4. The molecule has 11 heteroatoms. The molecule has 11 nitrogen and oxygen atoms in total. The van der Waals surface area contributed by atoms with Crippen molar-refractivity contribution in [3.63, 3.8) is 0 Å². The predicted octanol–water partition coefficient (Wildman–Crippen LogP) is 5.17. The van der Waals surface area contributed by atoms with E-state index < -0.39 is 36.5 Å². The molecule has 216 valence electrons. The second-order valence-electron chi connectivity index (χ2n) is 8.71. The van der Waals surface area contributed by atoms with E-state index in [1.807, 2.05) is 6.07 Å². The molecule has 0 aromatic heterocycles. The highest BCUT2D eigenvalue weighted by atomic mass is 16.6. The van der Waals surface area contributed by atoms with E-state index in [2.05, 4.69) is 16.0 Å². The number of rotatable bonds is 13. The van der Waals surface area contributed by atoms with Crippen LogP contribution in [0.25, 0.3) is 0 Å². The summed E-state index contributed by atoms with van der Waals surface area (Å²) in [5, 5.41) is 7.66. The van der Waals surface area contributed by atoms with Crippen molar-refractivity contribution in [3.8, 4) is 17.2 Å². The van der Waals surface area contributed by atoms with E-state index in [1.165, 1.54) is 0 Å². The first-order valence-corrected chi connectivity index (χ1v) is 13.2. The molecule has 0 spiro atoms. The van der Waals surface area contributed by atoms with Crippen LogP contribution < -0.4 is 30.2 Å². The van der Waals surface area contributed by atoms with Gasteiger partial charge in [-0.1, -0.05) is 61.5 Å². The first kappa shape index (κ1) is 30.5. The summed E-state index contributed by atoms with van der Waals surface area (Å²) in [6.45, 7) is 2.00. The molecule has 41 heavy (non-hydrogen) atoms. The zero-order chi connectivity index (χ0) is 29.3. The Hall–Kier alpha value is -5.06. The van der Waals surface area contributed by atoms with Gasteiger partial charge in [0.25, 0.3) is 0 Å². The van der Waals surface area contributed by atoms with Gasteiger partial charge in [0, 0.05) is 13.0 Å². The Morgan fingerprint density at radius 1 is 0.634 bits per heavy atom. The van der Waals surface area contributed by atoms with Gasteiger partial charge in [0.15, 0.2) is 6.23 Å². The van der Waals surface area contributed by atoms with Crippen molar-refractivity contribution in [3.05, 3.63) is 91.0 Å². The van der Waals surface area contributed by atoms with Gasteiger partial charge in [0.2, 0.25) is 0 Å². The minimum Gasteiger partial charge on any atom is -0.440 e. The van der Waals surface area contributed by atoms with E-state index in [0.717, 1.165) is 0 Å². The van der Waals surface area contributed by atoms with E-state index >= 15 is 0 Å². The lowest BCUT2D eigenvalue weighted by molar-refractivity contribution is -0.153. The smallest absolute Gasteiger partial charge is 0.415 e. The zero-order valence-electron chi connectivity index (χ0n) is 22.6. The lowest BCUT2D eigenvalue weighted by Gasteiger charge is -2.22. The fraction of sp³-hybridized carbons (Fsp3) is 0.267. The number of unbranched alkanes of at least 4 members (excludes halogenated alkanes) is 1. The predicted molar refractivity (Wildman–Crippen MR) is 149 cm³/mol. The van der Waals surface area contributed by atoms with Crippen molar-refractivity contribution in [1.82, 2.24) is 16.0 Å². The number of carbonyl (C=O) groups is 4. The number of esters is 1. The Kier molecular flexibility index (Phi) is 12.5. The minimum atomic E-state index is -1.08. The normalized spacial score (nSPS) is 11.7. The SMILES string of the molecule is CCC(NC(=O)Oc1ccccc1)OC(=O)C(CCCCNC(=O)Oc1ccccc1)NC(=O)Oc1ccccc1. The van der Waals surface area contributed by atoms with E-state index in [0.29, 0.717) is 30.1 Å². The molecule has 0 aliphatic heterocycles. The van der Waals surface area contributed by atoms with Crippen molar-refractivity contribution in [1.29, 1.82) is 0 Å². The molecule has 0 aliphatic rings. The number of para-hydroxylation sites is 3. The van der Waals surface area contributed by atoms with E-state index in [1.54, 1.807) is 91.9 Å². The summed E-state index contributed by atoms with van der Waals surface area (Å²) < 4.78 is 21.1. The summed E-state index contributed by atoms with van der Waals surface area (Å²) in [7, 11) is 0. The number of nitrogens with one attached hydrogen (secondary N) is 3. The maximum Gasteiger partial charge on any atom is 0.415 e. The second-order valence-corrected chi connectivity index (χ2v) is 8.71. The average Bonchev–Trinajstić information content (AvgIpc) is 2.97. The van der Waals surface area contributed by atoms with Gasteiger partial charge in [-0.3, -0.25) is 5.32 Å². The fourth-order valence-electron chi connectivity index (χ4n) is 3.51. The molecule has 3 amide bonds. The van der Waals surface area contributed by atoms with Crippen LogP contribution in [-0.4, -0.2) is 43.1 Å². The quantitative estimate of drug-likeness (QED) is 0.147. The Morgan fingerprint density at radius 3 is 1.59 bits per heavy atom. The lowest BCUT2D eigenvalue weighted by Crippen LogP contribution is -2.47. The van der Waals surface area contributed by atoms with Crippen LogP contribution in [0.1, 0.15) is 32.6 Å². The largest absolute Gasteiger partial charge is 0.440 e. The van der Waals surface area contributed by atoms with Crippen LogP contribution in [0, 0.1) is 0 Å². The third kappa shape index (κ3) is 11.7. The van der Waals surface area contributed by atoms with Crippen LogP contribution in [-0.2, 0) is 9.53 Å². The van der Waals surface area contributed by atoms with Crippen LogP contribution in [0.2, 0.25) is 0 Å². The Bertz CT molecular complexity index is 1240. The second kappa shape index (κ2) is 16.8. The summed E-state index contributed by atoms with van der Waals surface area (Å²) in [6.07, 6.45) is -1.87. The third-order valence-corrected chi connectivity index (χ3v) is 5.53. The molecular formula is C30H33N3O8. The van der Waals surface area contributed by atoms with Gasteiger partial charge in [0.05, 0.1) is 0 Å². The summed E-state index contributed by atoms with van der Waals surface area (Å²) in [4.78, 5) is 49.8. The van der Waals surface area contributed by atoms with Crippen molar-refractivity contribution >= 4 is 24.2 Å². The molecular weight excluding hydrogens is 530 g/mol. The van der Waals surface area contributed by atoms with Gasteiger partial charge in [-0.15, -0.1) is 0 Å². The maximum absolute atomic E-state index is 13.0. The molecule has 0 radical (unpaired) electrons. The van der Waals surface area contributed by atoms with E-state index in [-0.39, 0.29) is 19.4 Å². The first-order valence-electron chi connectivity index (χ1n) is 13.2. The fourth-order valence-corrected chi connectivity index (χ4v) is 3.51. The molecule has 0 bridgehead atoms. The van der Waals surface area contributed by atoms with Gasteiger partial charge in [0.1, 0.15) is 23.3 Å². The number of hydrogen-bond acceptors (Lipinski definition) is 8. The average molecular weight is 564 g/mol. The maximum atomic E-state index is 13.0. The first-order chi connectivity index (χ1) is 19.9. The van der Waals surface area contributed by atoms with Crippen molar-refractivity contribution in [2.75, 3.05) is 6.54 Å². The summed E-state index contributed by atoms with van der Waals surface area (Å²) in [5.41, 5.74) is 0. The molecule has 2 unspecified atom stereocenters. The van der Waals surface area contributed by atoms with Crippen molar-refractivity contribution < 1.29 is 38.1 Å². The number of amides is 3. The van der Waals surface area contributed by atoms with Crippen LogP contribution in [0.3, 0.4) is 0 Å². The van der Waals surface area contributed by atoms with Crippen LogP contribution in [0.5, 0.6) is 17.2 Å². The Balaban J connectivity index is 1.51. The van der Waals surface area contributed by atoms with Gasteiger partial charge < -0.3 is 29.6 Å². The van der Waals surface area contributed by atoms with Crippen LogP contribution in [0.15, 0.2) is 91.0 Å². The van der Waals surface area contributed by atoms with E-state index in [9.17, 15) is 19.2 Å². The van der Waals surface area contributed by atoms with Crippen molar-refractivity contribution in [2.45, 2.75) is 44.9 Å². The number of carbonyl (C=O) groups excluding carboxylic acids is 4.